The fourth-order valence-corrected chi connectivity index (χ4v) is 3.57. The number of hydrogen-bond acceptors (Lipinski definition) is 7. The van der Waals surface area contributed by atoms with Crippen molar-refractivity contribution in [1.29, 1.82) is 0 Å². The summed E-state index contributed by atoms with van der Waals surface area (Å²) in [5, 5.41) is 4.33. The number of amides is 1. The lowest BCUT2D eigenvalue weighted by Crippen LogP contribution is -2.23. The van der Waals surface area contributed by atoms with Crippen LogP contribution in [0.4, 0.5) is 0 Å². The number of primary amides is 1. The average Bonchev–Trinajstić information content (AvgIpc) is 3.27. The van der Waals surface area contributed by atoms with E-state index in [0.717, 1.165) is 16.9 Å². The molecule has 0 bridgehead atoms. The van der Waals surface area contributed by atoms with Gasteiger partial charge in [0.2, 0.25) is 4.96 Å². The summed E-state index contributed by atoms with van der Waals surface area (Å²) in [5.41, 5.74) is 6.44. The summed E-state index contributed by atoms with van der Waals surface area (Å²) in [6.45, 7) is -0.182. The van der Waals surface area contributed by atoms with Gasteiger partial charge in [-0.3, -0.25) is 9.59 Å². The molecule has 0 atom stereocenters. The van der Waals surface area contributed by atoms with Gasteiger partial charge < -0.3 is 15.2 Å². The molecular formula is C20H16N4O4S. The van der Waals surface area contributed by atoms with Crippen molar-refractivity contribution >= 4 is 28.3 Å². The van der Waals surface area contributed by atoms with Crippen LogP contribution in [0.5, 0.6) is 11.5 Å². The van der Waals surface area contributed by atoms with Gasteiger partial charge in [0.1, 0.15) is 11.5 Å². The molecule has 146 valence electrons. The van der Waals surface area contributed by atoms with Crippen LogP contribution in [0.1, 0.15) is 5.56 Å². The minimum absolute atomic E-state index is 0.182. The average molecular weight is 408 g/mol. The van der Waals surface area contributed by atoms with Crippen molar-refractivity contribution in [2.45, 2.75) is 0 Å². The van der Waals surface area contributed by atoms with Gasteiger partial charge in [-0.15, -0.1) is 5.10 Å². The molecule has 4 rings (SSSR count). The zero-order valence-electron chi connectivity index (χ0n) is 15.4. The van der Waals surface area contributed by atoms with Gasteiger partial charge in [-0.1, -0.05) is 23.5 Å². The van der Waals surface area contributed by atoms with Crippen LogP contribution in [0.15, 0.2) is 53.3 Å². The van der Waals surface area contributed by atoms with E-state index in [2.05, 4.69) is 10.1 Å². The first-order valence-corrected chi connectivity index (χ1v) is 9.42. The Kier molecular flexibility index (Phi) is 4.96. The second-order valence-electron chi connectivity index (χ2n) is 6.10. The van der Waals surface area contributed by atoms with Gasteiger partial charge in [0.15, 0.2) is 12.4 Å². The van der Waals surface area contributed by atoms with E-state index in [1.54, 1.807) is 37.5 Å². The molecule has 2 heterocycles. The van der Waals surface area contributed by atoms with Crippen LogP contribution in [0.3, 0.4) is 0 Å². The van der Waals surface area contributed by atoms with Gasteiger partial charge in [0.05, 0.1) is 11.6 Å². The van der Waals surface area contributed by atoms with E-state index in [9.17, 15) is 9.59 Å². The number of hydrogen-bond donors (Lipinski definition) is 1. The van der Waals surface area contributed by atoms with Gasteiger partial charge in [0.25, 0.3) is 11.5 Å². The number of methoxy groups -OCH3 is 1. The predicted octanol–water partition coefficient (Wildman–Crippen LogP) is 1.24. The maximum atomic E-state index is 12.7. The SMILES string of the molecule is COc1ccc(-c2nc3s/c(=C/c4ccc(OCC(N)=O)cc4)c(=O)n3n2)cc1. The first-order chi connectivity index (χ1) is 14.0. The molecule has 0 spiro atoms. The summed E-state index contributed by atoms with van der Waals surface area (Å²) < 4.78 is 12.2. The van der Waals surface area contributed by atoms with Crippen molar-refractivity contribution in [2.24, 2.45) is 5.73 Å². The number of nitrogens with two attached hydrogens (primary N) is 1. The number of thiazole rings is 1. The number of nitrogens with zero attached hydrogens (tertiary/aromatic N) is 3. The fraction of sp³-hybridized carbons (Fsp3) is 0.100. The maximum absolute atomic E-state index is 12.7. The monoisotopic (exact) mass is 408 g/mol. The fourth-order valence-electron chi connectivity index (χ4n) is 2.66. The van der Waals surface area contributed by atoms with Gasteiger partial charge in [-0.05, 0) is 48.0 Å². The van der Waals surface area contributed by atoms with E-state index in [1.807, 2.05) is 24.3 Å². The maximum Gasteiger partial charge on any atom is 0.291 e. The quantitative estimate of drug-likeness (QED) is 0.514. The van der Waals surface area contributed by atoms with Gasteiger partial charge in [-0.25, -0.2) is 0 Å². The first-order valence-electron chi connectivity index (χ1n) is 8.60. The molecule has 0 saturated heterocycles. The van der Waals surface area contributed by atoms with Crippen molar-refractivity contribution in [3.63, 3.8) is 0 Å². The van der Waals surface area contributed by atoms with E-state index in [-0.39, 0.29) is 12.2 Å². The number of carbonyl (C=O) groups excluding carboxylic acids is 1. The third kappa shape index (κ3) is 3.94. The van der Waals surface area contributed by atoms with Crippen molar-refractivity contribution < 1.29 is 14.3 Å². The molecule has 0 fully saturated rings. The molecule has 0 aliphatic heterocycles. The highest BCUT2D eigenvalue weighted by Gasteiger charge is 2.12. The first kappa shape index (κ1) is 18.6. The summed E-state index contributed by atoms with van der Waals surface area (Å²) in [7, 11) is 1.60. The molecule has 2 N–H and O–H groups in total. The molecule has 29 heavy (non-hydrogen) atoms. The molecule has 2 aromatic carbocycles. The Labute approximate surface area is 168 Å². The number of aromatic nitrogens is 3. The van der Waals surface area contributed by atoms with Gasteiger partial charge >= 0.3 is 0 Å². The minimum Gasteiger partial charge on any atom is -0.497 e. The van der Waals surface area contributed by atoms with Crippen LogP contribution in [-0.2, 0) is 4.79 Å². The summed E-state index contributed by atoms with van der Waals surface area (Å²) in [4.78, 5) is 28.4. The highest BCUT2D eigenvalue weighted by atomic mass is 32.1. The lowest BCUT2D eigenvalue weighted by molar-refractivity contribution is -0.119. The van der Waals surface area contributed by atoms with E-state index >= 15 is 0 Å². The summed E-state index contributed by atoms with van der Waals surface area (Å²) >= 11 is 1.26. The Morgan fingerprint density at radius 2 is 1.83 bits per heavy atom. The molecule has 9 heteroatoms. The lowest BCUT2D eigenvalue weighted by Gasteiger charge is -2.03. The van der Waals surface area contributed by atoms with Crippen molar-refractivity contribution in [1.82, 2.24) is 14.6 Å². The number of fused-ring (bicyclic) bond motifs is 1. The molecular weight excluding hydrogens is 392 g/mol. The normalized spacial score (nSPS) is 11.7. The van der Waals surface area contributed by atoms with Crippen LogP contribution >= 0.6 is 11.3 Å². The number of ether oxygens (including phenoxy) is 2. The van der Waals surface area contributed by atoms with Crippen molar-refractivity contribution in [2.75, 3.05) is 13.7 Å². The van der Waals surface area contributed by atoms with E-state index in [4.69, 9.17) is 15.2 Å². The lowest BCUT2D eigenvalue weighted by atomic mass is 10.2. The van der Waals surface area contributed by atoms with Crippen LogP contribution < -0.4 is 25.3 Å². The Hall–Kier alpha value is -3.72. The second kappa shape index (κ2) is 7.72. The van der Waals surface area contributed by atoms with Crippen LogP contribution in [0.2, 0.25) is 0 Å². The zero-order valence-corrected chi connectivity index (χ0v) is 16.2. The number of rotatable bonds is 6. The highest BCUT2D eigenvalue weighted by molar-refractivity contribution is 7.15. The number of carbonyl (C=O) groups is 1. The molecule has 2 aromatic heterocycles. The van der Waals surface area contributed by atoms with Crippen LogP contribution in [-0.4, -0.2) is 34.2 Å². The largest absolute Gasteiger partial charge is 0.497 e. The zero-order chi connectivity index (χ0) is 20.4. The Morgan fingerprint density at radius 1 is 1.14 bits per heavy atom. The molecule has 0 radical (unpaired) electrons. The molecule has 0 aliphatic rings. The van der Waals surface area contributed by atoms with Crippen molar-refractivity contribution in [3.8, 4) is 22.9 Å². The Bertz CT molecular complexity index is 1280. The summed E-state index contributed by atoms with van der Waals surface area (Å²) in [6.07, 6.45) is 1.76. The van der Waals surface area contributed by atoms with Gasteiger partial charge in [-0.2, -0.15) is 9.50 Å². The van der Waals surface area contributed by atoms with E-state index in [1.165, 1.54) is 15.9 Å². The molecule has 0 saturated carbocycles. The third-order valence-electron chi connectivity index (χ3n) is 4.09. The van der Waals surface area contributed by atoms with Crippen LogP contribution in [0.25, 0.3) is 22.4 Å². The standard InChI is InChI=1S/C20H16N4O4S/c1-27-14-8-4-13(5-9-14)18-22-20-24(23-18)19(26)16(29-20)10-12-2-6-15(7-3-12)28-11-17(21)25/h2-10H,11H2,1H3,(H2,21,25)/b16-10+. The van der Waals surface area contributed by atoms with Crippen molar-refractivity contribution in [3.05, 3.63) is 69.0 Å². The molecule has 0 unspecified atom stereocenters. The van der Waals surface area contributed by atoms with E-state index < -0.39 is 5.91 Å². The smallest absolute Gasteiger partial charge is 0.291 e. The third-order valence-corrected chi connectivity index (χ3v) is 5.05. The van der Waals surface area contributed by atoms with Gasteiger partial charge in [0, 0.05) is 5.56 Å². The minimum atomic E-state index is -0.542. The molecule has 1 amide bonds. The molecule has 8 nitrogen and oxygen atoms in total. The second-order valence-corrected chi connectivity index (χ2v) is 7.11. The molecule has 0 aliphatic carbocycles. The Morgan fingerprint density at radius 3 is 2.45 bits per heavy atom. The topological polar surface area (TPSA) is 109 Å². The predicted molar refractivity (Wildman–Crippen MR) is 109 cm³/mol. The van der Waals surface area contributed by atoms with Crippen LogP contribution in [0, 0.1) is 0 Å². The van der Waals surface area contributed by atoms with E-state index in [0.29, 0.717) is 21.1 Å². The highest BCUT2D eigenvalue weighted by Crippen LogP contribution is 2.20. The molecule has 4 aromatic rings. The summed E-state index contributed by atoms with van der Waals surface area (Å²) in [5.74, 6) is 1.20. The Balaban J connectivity index is 1.61. The number of benzene rings is 2. The summed E-state index contributed by atoms with van der Waals surface area (Å²) in [6, 6.07) is 14.3.